The number of nitrogens with zero attached hydrogens (tertiary/aromatic N) is 3. The molecule has 0 bridgehead atoms. The molecule has 7 nitrogen and oxygen atoms in total. The number of piperidine rings is 1. The number of pyridine rings is 1. The van der Waals surface area contributed by atoms with Gasteiger partial charge in [0, 0.05) is 54.0 Å². The molecule has 1 aliphatic heterocycles. The number of amides is 1. The van der Waals surface area contributed by atoms with Gasteiger partial charge in [0.25, 0.3) is 5.91 Å². The minimum atomic E-state index is -0.0558. The van der Waals surface area contributed by atoms with E-state index in [0.29, 0.717) is 12.1 Å². The molecule has 0 radical (unpaired) electrons. The number of fused-ring (bicyclic) bond motifs is 1. The Hall–Kier alpha value is -3.71. The van der Waals surface area contributed by atoms with E-state index in [0.717, 1.165) is 66.7 Å². The zero-order valence-electron chi connectivity index (χ0n) is 22.7. The summed E-state index contributed by atoms with van der Waals surface area (Å²) in [5.41, 5.74) is 4.55. The summed E-state index contributed by atoms with van der Waals surface area (Å²) in [7, 11) is 2.16. The van der Waals surface area contributed by atoms with E-state index in [1.165, 1.54) is 24.8 Å². The van der Waals surface area contributed by atoms with Crippen molar-refractivity contribution in [2.24, 2.45) is 0 Å². The minimum absolute atomic E-state index is 0.0512. The van der Waals surface area contributed by atoms with Gasteiger partial charge < -0.3 is 15.0 Å². The van der Waals surface area contributed by atoms with E-state index < -0.39 is 0 Å². The van der Waals surface area contributed by atoms with Crippen LogP contribution in [0.3, 0.4) is 0 Å². The maximum absolute atomic E-state index is 13.4. The molecule has 202 valence electrons. The number of benzene rings is 2. The lowest BCUT2D eigenvalue weighted by Crippen LogP contribution is -2.42. The van der Waals surface area contributed by atoms with Crippen molar-refractivity contribution in [2.75, 3.05) is 26.7 Å². The third-order valence-corrected chi connectivity index (χ3v) is 8.59. The second kappa shape index (κ2) is 11.2. The highest BCUT2D eigenvalue weighted by Crippen LogP contribution is 2.39. The summed E-state index contributed by atoms with van der Waals surface area (Å²) < 4.78 is 6.22. The van der Waals surface area contributed by atoms with Gasteiger partial charge in [-0.15, -0.1) is 0 Å². The molecule has 0 atom stereocenters. The number of rotatable bonds is 7. The number of ether oxygens (including phenoxy) is 1. The summed E-state index contributed by atoms with van der Waals surface area (Å²) in [5, 5.41) is 11.9. The first-order valence-electron chi connectivity index (χ1n) is 14.2. The van der Waals surface area contributed by atoms with Gasteiger partial charge >= 0.3 is 0 Å². The lowest BCUT2D eigenvalue weighted by molar-refractivity contribution is 0.0936. The Morgan fingerprint density at radius 1 is 1.08 bits per heavy atom. The summed E-state index contributed by atoms with van der Waals surface area (Å²) in [5.74, 6) is 0.832. The topological polar surface area (TPSA) is 83.1 Å². The second-order valence-electron chi connectivity index (χ2n) is 11.2. The van der Waals surface area contributed by atoms with Gasteiger partial charge in [0.2, 0.25) is 0 Å². The predicted octanol–water partition coefficient (Wildman–Crippen LogP) is 5.73. The van der Waals surface area contributed by atoms with Crippen LogP contribution in [0, 0.1) is 0 Å². The molecule has 2 fully saturated rings. The molecule has 4 aromatic rings. The SMILES string of the molecule is CN1CCC(Oc2ccc(-c3n[nH]c4ccc(C(=O)NCC5(c6cccnc6)CCCCC5)cc34)cc2)CC1. The van der Waals surface area contributed by atoms with E-state index >= 15 is 0 Å². The summed E-state index contributed by atoms with van der Waals surface area (Å²) >= 11 is 0. The highest BCUT2D eigenvalue weighted by Gasteiger charge is 2.34. The van der Waals surface area contributed by atoms with Crippen LogP contribution in [0.15, 0.2) is 67.0 Å². The van der Waals surface area contributed by atoms with Crippen LogP contribution in [0.25, 0.3) is 22.2 Å². The summed E-state index contributed by atoms with van der Waals surface area (Å²) in [4.78, 5) is 20.1. The number of hydrogen-bond donors (Lipinski definition) is 2. The largest absolute Gasteiger partial charge is 0.490 e. The van der Waals surface area contributed by atoms with E-state index in [-0.39, 0.29) is 17.4 Å². The Morgan fingerprint density at radius 3 is 2.62 bits per heavy atom. The average Bonchev–Trinajstić information content (AvgIpc) is 3.42. The number of carbonyl (C=O) groups excluding carboxylic acids is 1. The summed E-state index contributed by atoms with van der Waals surface area (Å²) in [6, 6.07) is 18.0. The lowest BCUT2D eigenvalue weighted by Gasteiger charge is -2.37. The maximum Gasteiger partial charge on any atom is 0.251 e. The third kappa shape index (κ3) is 5.55. The molecule has 1 aliphatic carbocycles. The number of nitrogens with one attached hydrogen (secondary N) is 2. The highest BCUT2D eigenvalue weighted by molar-refractivity contribution is 6.01. The van der Waals surface area contributed by atoms with Crippen molar-refractivity contribution < 1.29 is 9.53 Å². The van der Waals surface area contributed by atoms with Gasteiger partial charge in [-0.1, -0.05) is 25.3 Å². The Kier molecular flexibility index (Phi) is 7.33. The predicted molar refractivity (Wildman–Crippen MR) is 154 cm³/mol. The number of likely N-dealkylation sites (tertiary alicyclic amines) is 1. The third-order valence-electron chi connectivity index (χ3n) is 8.59. The van der Waals surface area contributed by atoms with Crippen molar-refractivity contribution >= 4 is 16.8 Å². The molecule has 39 heavy (non-hydrogen) atoms. The van der Waals surface area contributed by atoms with Crippen LogP contribution in [0.1, 0.15) is 60.9 Å². The molecular weight excluding hydrogens is 486 g/mol. The van der Waals surface area contributed by atoms with Crippen LogP contribution < -0.4 is 10.1 Å². The fourth-order valence-electron chi connectivity index (χ4n) is 6.19. The molecule has 1 saturated heterocycles. The first-order chi connectivity index (χ1) is 19.1. The van der Waals surface area contributed by atoms with Crippen molar-refractivity contribution in [3.8, 4) is 17.0 Å². The normalized spacial score (nSPS) is 18.2. The molecule has 0 spiro atoms. The van der Waals surface area contributed by atoms with E-state index in [9.17, 15) is 4.79 Å². The Labute approximate surface area is 230 Å². The molecule has 7 heteroatoms. The quantitative estimate of drug-likeness (QED) is 0.323. The standard InChI is InChI=1S/C32H37N5O2/c1-37-18-13-27(14-19-37)39-26-10-7-23(8-11-26)30-28-20-24(9-12-29(28)35-36-30)31(38)34-22-32(15-3-2-4-16-32)25-6-5-17-33-21-25/h5-12,17,20-21,27H,2-4,13-16,18-19,22H2,1H3,(H,34,38)(H,35,36). The first-order valence-corrected chi connectivity index (χ1v) is 14.2. The first kappa shape index (κ1) is 25.6. The zero-order chi connectivity index (χ0) is 26.7. The molecule has 0 unspecified atom stereocenters. The Balaban J connectivity index is 1.17. The van der Waals surface area contributed by atoms with E-state index in [2.05, 4.69) is 38.5 Å². The summed E-state index contributed by atoms with van der Waals surface area (Å²) in [6.45, 7) is 2.76. The van der Waals surface area contributed by atoms with E-state index in [1.807, 2.05) is 60.9 Å². The fraction of sp³-hybridized carbons (Fsp3) is 0.406. The van der Waals surface area contributed by atoms with Gasteiger partial charge in [0.15, 0.2) is 0 Å². The molecule has 2 aromatic carbocycles. The molecule has 3 heterocycles. The molecule has 1 saturated carbocycles. The Morgan fingerprint density at radius 2 is 1.87 bits per heavy atom. The molecular formula is C32H37N5O2. The molecule has 2 aromatic heterocycles. The Bertz CT molecular complexity index is 1400. The minimum Gasteiger partial charge on any atom is -0.490 e. The van der Waals surface area contributed by atoms with Gasteiger partial charge in [0.05, 0.1) is 11.2 Å². The van der Waals surface area contributed by atoms with Crippen LogP contribution in [0.2, 0.25) is 0 Å². The van der Waals surface area contributed by atoms with Crippen LogP contribution in [-0.2, 0) is 5.41 Å². The average molecular weight is 524 g/mol. The summed E-state index contributed by atoms with van der Waals surface area (Å²) in [6.07, 6.45) is 11.9. The maximum atomic E-state index is 13.4. The van der Waals surface area contributed by atoms with Crippen LogP contribution >= 0.6 is 0 Å². The highest BCUT2D eigenvalue weighted by atomic mass is 16.5. The lowest BCUT2D eigenvalue weighted by atomic mass is 9.70. The van der Waals surface area contributed by atoms with Gasteiger partial charge in [0.1, 0.15) is 11.9 Å². The van der Waals surface area contributed by atoms with Crippen LogP contribution in [0.4, 0.5) is 0 Å². The second-order valence-corrected chi connectivity index (χ2v) is 11.2. The van der Waals surface area contributed by atoms with Crippen molar-refractivity contribution in [3.05, 3.63) is 78.1 Å². The van der Waals surface area contributed by atoms with E-state index in [1.54, 1.807) is 0 Å². The molecule has 6 rings (SSSR count). The van der Waals surface area contributed by atoms with Gasteiger partial charge in [-0.2, -0.15) is 5.10 Å². The molecule has 1 amide bonds. The van der Waals surface area contributed by atoms with Gasteiger partial charge in [-0.25, -0.2) is 0 Å². The smallest absolute Gasteiger partial charge is 0.251 e. The number of hydrogen-bond acceptors (Lipinski definition) is 5. The van der Waals surface area contributed by atoms with E-state index in [4.69, 9.17) is 4.74 Å². The molecule has 2 N–H and O–H groups in total. The van der Waals surface area contributed by atoms with Crippen molar-refractivity contribution in [1.82, 2.24) is 25.4 Å². The van der Waals surface area contributed by atoms with Gasteiger partial charge in [-0.3, -0.25) is 14.9 Å². The van der Waals surface area contributed by atoms with Crippen LogP contribution in [0.5, 0.6) is 5.75 Å². The van der Waals surface area contributed by atoms with Gasteiger partial charge in [-0.05, 0) is 86.8 Å². The number of H-pyrrole nitrogens is 1. The van der Waals surface area contributed by atoms with Crippen LogP contribution in [-0.4, -0.2) is 58.8 Å². The number of carbonyl (C=O) groups is 1. The van der Waals surface area contributed by atoms with Crippen molar-refractivity contribution in [1.29, 1.82) is 0 Å². The zero-order valence-corrected chi connectivity index (χ0v) is 22.7. The monoisotopic (exact) mass is 523 g/mol. The van der Waals surface area contributed by atoms with Crippen molar-refractivity contribution in [2.45, 2.75) is 56.5 Å². The molecule has 2 aliphatic rings. The van der Waals surface area contributed by atoms with Crippen molar-refractivity contribution in [3.63, 3.8) is 0 Å². The fourth-order valence-corrected chi connectivity index (χ4v) is 6.19. The number of aromatic nitrogens is 3. The number of aromatic amines is 1.